The van der Waals surface area contributed by atoms with E-state index in [4.69, 9.17) is 4.74 Å². The molecule has 2 aromatic carbocycles. The Morgan fingerprint density at radius 2 is 2.00 bits per heavy atom. The number of rotatable bonds is 1. The molecule has 1 heterocycles. The van der Waals surface area contributed by atoms with E-state index in [1.54, 1.807) is 0 Å². The first kappa shape index (κ1) is 11.0. The molecule has 1 aliphatic rings. The lowest BCUT2D eigenvalue weighted by atomic mass is 9.94. The van der Waals surface area contributed by atoms with Crippen LogP contribution in [0.2, 0.25) is 0 Å². The Morgan fingerprint density at radius 1 is 1.22 bits per heavy atom. The van der Waals surface area contributed by atoms with Crippen LogP contribution in [0.5, 0.6) is 5.75 Å². The number of ether oxygens (including phenoxy) is 1. The minimum atomic E-state index is -0.264. The molecule has 0 atom stereocenters. The quantitative estimate of drug-likeness (QED) is 0.437. The lowest BCUT2D eigenvalue weighted by Crippen LogP contribution is -2.18. The van der Waals surface area contributed by atoms with E-state index in [0.717, 1.165) is 16.3 Å². The fourth-order valence-electron chi connectivity index (χ4n) is 2.44. The maximum Gasteiger partial charge on any atom is 0.311 e. The number of esters is 1. The van der Waals surface area contributed by atoms with Crippen molar-refractivity contribution in [2.45, 2.75) is 19.8 Å². The van der Waals surface area contributed by atoms with Crippen LogP contribution >= 0.6 is 0 Å². The molecule has 3 heteroatoms. The summed E-state index contributed by atoms with van der Waals surface area (Å²) < 4.78 is 5.27. The number of fused-ring (bicyclic) bond motifs is 2. The zero-order chi connectivity index (χ0) is 12.7. The highest BCUT2D eigenvalue weighted by Gasteiger charge is 2.24. The third-order valence-electron chi connectivity index (χ3n) is 3.24. The van der Waals surface area contributed by atoms with Gasteiger partial charge in [-0.2, -0.15) is 0 Å². The third kappa shape index (κ3) is 1.59. The highest BCUT2D eigenvalue weighted by atomic mass is 16.5. The van der Waals surface area contributed by atoms with Crippen LogP contribution in [0.25, 0.3) is 10.8 Å². The molecule has 0 unspecified atom stereocenters. The van der Waals surface area contributed by atoms with E-state index in [2.05, 4.69) is 0 Å². The van der Waals surface area contributed by atoms with Gasteiger partial charge in [-0.3, -0.25) is 9.59 Å². The molecule has 1 aliphatic heterocycles. The highest BCUT2D eigenvalue weighted by molar-refractivity contribution is 6.10. The topological polar surface area (TPSA) is 43.4 Å². The van der Waals surface area contributed by atoms with Crippen LogP contribution in [0.4, 0.5) is 0 Å². The molecule has 0 amide bonds. The number of hydrogen-bond acceptors (Lipinski definition) is 3. The molecule has 90 valence electrons. The first-order valence-electron chi connectivity index (χ1n) is 5.93. The van der Waals surface area contributed by atoms with Crippen molar-refractivity contribution in [2.24, 2.45) is 0 Å². The van der Waals surface area contributed by atoms with E-state index in [9.17, 15) is 9.59 Å². The molecule has 0 aromatic heterocycles. The van der Waals surface area contributed by atoms with Gasteiger partial charge in [-0.15, -0.1) is 0 Å². The number of benzene rings is 2. The molecule has 0 fully saturated rings. The maximum atomic E-state index is 11.8. The molecule has 0 spiro atoms. The van der Waals surface area contributed by atoms with Gasteiger partial charge in [-0.05, 0) is 35.7 Å². The summed E-state index contributed by atoms with van der Waals surface area (Å²) in [6.45, 7) is 1.50. The summed E-state index contributed by atoms with van der Waals surface area (Å²) in [7, 11) is 0. The van der Waals surface area contributed by atoms with Crippen molar-refractivity contribution in [2.75, 3.05) is 0 Å². The predicted molar refractivity (Wildman–Crippen MR) is 67.9 cm³/mol. The fourth-order valence-corrected chi connectivity index (χ4v) is 2.44. The van der Waals surface area contributed by atoms with Crippen LogP contribution in [-0.4, -0.2) is 11.8 Å². The highest BCUT2D eigenvalue weighted by Crippen LogP contribution is 2.35. The normalized spacial score (nSPS) is 14.2. The Balaban J connectivity index is 2.39. The standard InChI is InChI=1S/C15H12O3/c1-9(16)14-12-5-3-2-4-10(12)8-11-6-7-13(17)18-15(11)14/h2-5,8H,6-7H2,1H3. The van der Waals surface area contributed by atoms with Crippen molar-refractivity contribution in [1.82, 2.24) is 0 Å². The Bertz CT molecular complexity index is 671. The summed E-state index contributed by atoms with van der Waals surface area (Å²) in [4.78, 5) is 23.2. The summed E-state index contributed by atoms with van der Waals surface area (Å²) in [5.74, 6) is 0.121. The summed E-state index contributed by atoms with van der Waals surface area (Å²) >= 11 is 0. The molecule has 18 heavy (non-hydrogen) atoms. The van der Waals surface area contributed by atoms with E-state index >= 15 is 0 Å². The largest absolute Gasteiger partial charge is 0.425 e. The van der Waals surface area contributed by atoms with E-state index in [0.29, 0.717) is 24.2 Å². The minimum Gasteiger partial charge on any atom is -0.425 e. The van der Waals surface area contributed by atoms with E-state index in [1.807, 2.05) is 30.3 Å². The molecule has 3 nitrogen and oxygen atoms in total. The van der Waals surface area contributed by atoms with Crippen molar-refractivity contribution in [3.05, 3.63) is 41.5 Å². The number of aryl methyl sites for hydroxylation is 1. The summed E-state index contributed by atoms with van der Waals surface area (Å²) in [5.41, 5.74) is 1.47. The Labute approximate surface area is 104 Å². The second-order valence-electron chi connectivity index (χ2n) is 4.49. The first-order valence-corrected chi connectivity index (χ1v) is 5.93. The van der Waals surface area contributed by atoms with Gasteiger partial charge in [-0.1, -0.05) is 24.3 Å². The monoisotopic (exact) mass is 240 g/mol. The fraction of sp³-hybridized carbons (Fsp3) is 0.200. The molecule has 2 aromatic rings. The van der Waals surface area contributed by atoms with Crippen molar-refractivity contribution >= 4 is 22.5 Å². The van der Waals surface area contributed by atoms with Gasteiger partial charge in [0.25, 0.3) is 0 Å². The van der Waals surface area contributed by atoms with Crippen LogP contribution < -0.4 is 4.74 Å². The van der Waals surface area contributed by atoms with Crippen molar-refractivity contribution in [1.29, 1.82) is 0 Å². The lowest BCUT2D eigenvalue weighted by Gasteiger charge is -2.19. The predicted octanol–water partition coefficient (Wildman–Crippen LogP) is 2.89. The van der Waals surface area contributed by atoms with Gasteiger partial charge in [0.2, 0.25) is 0 Å². The van der Waals surface area contributed by atoms with Crippen LogP contribution in [0.3, 0.4) is 0 Å². The maximum absolute atomic E-state index is 11.8. The van der Waals surface area contributed by atoms with Crippen molar-refractivity contribution in [3.8, 4) is 5.75 Å². The van der Waals surface area contributed by atoms with Gasteiger partial charge in [0.05, 0.1) is 12.0 Å². The number of carbonyl (C=O) groups is 2. The average Bonchev–Trinajstić information content (AvgIpc) is 2.35. The van der Waals surface area contributed by atoms with Crippen molar-refractivity contribution < 1.29 is 14.3 Å². The molecular formula is C15H12O3. The van der Waals surface area contributed by atoms with Crippen LogP contribution in [0.1, 0.15) is 29.3 Å². The Morgan fingerprint density at radius 3 is 2.78 bits per heavy atom. The van der Waals surface area contributed by atoms with E-state index < -0.39 is 0 Å². The molecule has 3 rings (SSSR count). The second kappa shape index (κ2) is 3.95. The van der Waals surface area contributed by atoms with Gasteiger partial charge in [0, 0.05) is 0 Å². The van der Waals surface area contributed by atoms with Gasteiger partial charge in [0.15, 0.2) is 5.78 Å². The smallest absolute Gasteiger partial charge is 0.311 e. The Hall–Kier alpha value is -2.16. The third-order valence-corrected chi connectivity index (χ3v) is 3.24. The molecule has 0 saturated carbocycles. The number of carbonyl (C=O) groups excluding carboxylic acids is 2. The molecule has 0 bridgehead atoms. The molecular weight excluding hydrogens is 228 g/mol. The average molecular weight is 240 g/mol. The zero-order valence-electron chi connectivity index (χ0n) is 10.0. The van der Waals surface area contributed by atoms with Gasteiger partial charge < -0.3 is 4.74 Å². The lowest BCUT2D eigenvalue weighted by molar-refractivity contribution is -0.135. The number of Topliss-reactive ketones (excluding diaryl/α,β-unsaturated/α-hetero) is 1. The number of hydrogen-bond donors (Lipinski definition) is 0. The zero-order valence-corrected chi connectivity index (χ0v) is 10.0. The van der Waals surface area contributed by atoms with Crippen LogP contribution in [0.15, 0.2) is 30.3 Å². The van der Waals surface area contributed by atoms with E-state index in [-0.39, 0.29) is 11.8 Å². The molecule has 0 radical (unpaired) electrons. The van der Waals surface area contributed by atoms with Crippen LogP contribution in [-0.2, 0) is 11.2 Å². The summed E-state index contributed by atoms with van der Waals surface area (Å²) in [5, 5.41) is 1.86. The second-order valence-corrected chi connectivity index (χ2v) is 4.49. The summed E-state index contributed by atoms with van der Waals surface area (Å²) in [6, 6.07) is 9.68. The van der Waals surface area contributed by atoms with Gasteiger partial charge in [-0.25, -0.2) is 0 Å². The number of ketones is 1. The van der Waals surface area contributed by atoms with E-state index in [1.165, 1.54) is 6.92 Å². The molecule has 0 saturated heterocycles. The summed E-state index contributed by atoms with van der Waals surface area (Å²) in [6.07, 6.45) is 1.02. The van der Waals surface area contributed by atoms with Crippen molar-refractivity contribution in [3.63, 3.8) is 0 Å². The van der Waals surface area contributed by atoms with Gasteiger partial charge >= 0.3 is 5.97 Å². The Kier molecular flexibility index (Phi) is 2.40. The minimum absolute atomic E-state index is 0.0715. The SMILES string of the molecule is CC(=O)c1c2c(cc3ccccc13)CCC(=O)O2. The first-order chi connectivity index (χ1) is 8.66. The molecule has 0 aliphatic carbocycles. The van der Waals surface area contributed by atoms with Crippen LogP contribution in [0, 0.1) is 0 Å². The molecule has 0 N–H and O–H groups in total. The van der Waals surface area contributed by atoms with Gasteiger partial charge in [0.1, 0.15) is 5.75 Å².